The van der Waals surface area contributed by atoms with Gasteiger partial charge in [0.2, 0.25) is 5.95 Å². The Labute approximate surface area is 149 Å². The van der Waals surface area contributed by atoms with Crippen molar-refractivity contribution in [1.29, 1.82) is 0 Å². The first-order chi connectivity index (χ1) is 11.8. The minimum Gasteiger partial charge on any atom is -0.341 e. The molecule has 2 aromatic heterocycles. The molecule has 3 aromatic rings. The van der Waals surface area contributed by atoms with Crippen molar-refractivity contribution in [2.24, 2.45) is 0 Å². The van der Waals surface area contributed by atoms with Crippen LogP contribution in [-0.2, 0) is 0 Å². The number of rotatable bonds is 3. The van der Waals surface area contributed by atoms with Crippen LogP contribution >= 0.6 is 22.9 Å². The molecule has 0 spiro atoms. The molecule has 0 bridgehead atoms. The van der Waals surface area contributed by atoms with Gasteiger partial charge in [-0.25, -0.2) is 9.97 Å². The molecule has 0 radical (unpaired) electrons. The van der Waals surface area contributed by atoms with Crippen LogP contribution in [0.4, 0.5) is 16.9 Å². The molecule has 3 heterocycles. The number of aromatic nitrogens is 3. The largest absolute Gasteiger partial charge is 0.341 e. The topological polar surface area (TPSA) is 53.9 Å². The average Bonchev–Trinajstić information content (AvgIpc) is 2.94. The summed E-state index contributed by atoms with van der Waals surface area (Å²) in [6.45, 7) is 2.02. The van der Waals surface area contributed by atoms with E-state index in [-0.39, 0.29) is 0 Å². The second-order valence-corrected chi connectivity index (χ2v) is 7.23. The summed E-state index contributed by atoms with van der Waals surface area (Å²) in [7, 11) is 0. The lowest BCUT2D eigenvalue weighted by Crippen LogP contribution is -2.26. The van der Waals surface area contributed by atoms with Gasteiger partial charge in [0, 0.05) is 35.1 Å². The first kappa shape index (κ1) is 15.6. The van der Waals surface area contributed by atoms with E-state index in [0.29, 0.717) is 5.02 Å². The Morgan fingerprint density at radius 2 is 1.92 bits per heavy atom. The molecule has 7 heteroatoms. The molecular weight excluding hydrogens is 342 g/mol. The molecule has 0 amide bonds. The van der Waals surface area contributed by atoms with Gasteiger partial charge in [-0.3, -0.25) is 0 Å². The minimum atomic E-state index is 0.677. The third-order valence-corrected chi connectivity index (χ3v) is 5.12. The van der Waals surface area contributed by atoms with Crippen LogP contribution in [0.15, 0.2) is 29.8 Å². The molecule has 24 heavy (non-hydrogen) atoms. The number of hydrogen-bond donors (Lipinski definition) is 1. The van der Waals surface area contributed by atoms with Gasteiger partial charge in [0.15, 0.2) is 5.13 Å². The van der Waals surface area contributed by atoms with Crippen LogP contribution in [0.5, 0.6) is 0 Å². The Kier molecular flexibility index (Phi) is 4.49. The highest BCUT2D eigenvalue weighted by molar-refractivity contribution is 7.13. The molecule has 1 aliphatic heterocycles. The van der Waals surface area contributed by atoms with Gasteiger partial charge < -0.3 is 10.2 Å². The Hall–Kier alpha value is -1.92. The van der Waals surface area contributed by atoms with E-state index in [1.165, 1.54) is 25.7 Å². The summed E-state index contributed by atoms with van der Waals surface area (Å²) in [5, 5.41) is 7.67. The number of halogens is 1. The molecule has 1 saturated heterocycles. The van der Waals surface area contributed by atoms with Crippen molar-refractivity contribution in [1.82, 2.24) is 15.0 Å². The number of nitrogens with zero attached hydrogens (tertiary/aromatic N) is 4. The average molecular weight is 360 g/mol. The van der Waals surface area contributed by atoms with E-state index in [2.05, 4.69) is 15.2 Å². The van der Waals surface area contributed by atoms with E-state index in [1.54, 1.807) is 17.5 Å². The first-order valence-electron chi connectivity index (χ1n) is 8.18. The second-order valence-electron chi connectivity index (χ2n) is 5.90. The third kappa shape index (κ3) is 3.30. The Bertz CT molecular complexity index is 828. The molecule has 0 atom stereocenters. The maximum Gasteiger partial charge on any atom is 0.227 e. The summed E-state index contributed by atoms with van der Waals surface area (Å²) in [4.78, 5) is 16.1. The SMILES string of the molecule is Clc1ccc2nc(N3CCCCCC3)nc(Nc3nccs3)c2c1. The van der Waals surface area contributed by atoms with Crippen molar-refractivity contribution in [3.05, 3.63) is 34.8 Å². The number of anilines is 3. The maximum atomic E-state index is 6.18. The Balaban J connectivity index is 1.79. The van der Waals surface area contributed by atoms with E-state index in [0.717, 1.165) is 40.9 Å². The minimum absolute atomic E-state index is 0.677. The molecule has 0 saturated carbocycles. The molecule has 0 aliphatic carbocycles. The van der Waals surface area contributed by atoms with Crippen molar-refractivity contribution < 1.29 is 0 Å². The predicted molar refractivity (Wildman–Crippen MR) is 101 cm³/mol. The van der Waals surface area contributed by atoms with E-state index in [9.17, 15) is 0 Å². The second kappa shape index (κ2) is 6.91. The van der Waals surface area contributed by atoms with Gasteiger partial charge in [0.05, 0.1) is 5.52 Å². The van der Waals surface area contributed by atoms with E-state index >= 15 is 0 Å². The normalized spacial score (nSPS) is 15.5. The van der Waals surface area contributed by atoms with Crippen LogP contribution in [0.25, 0.3) is 10.9 Å². The van der Waals surface area contributed by atoms with Crippen LogP contribution in [0, 0.1) is 0 Å². The highest BCUT2D eigenvalue weighted by Crippen LogP contribution is 2.29. The summed E-state index contributed by atoms with van der Waals surface area (Å²) in [5.41, 5.74) is 0.896. The molecule has 124 valence electrons. The summed E-state index contributed by atoms with van der Waals surface area (Å²) >= 11 is 7.72. The molecule has 0 unspecified atom stereocenters. The summed E-state index contributed by atoms with van der Waals surface area (Å²) in [6, 6.07) is 5.73. The van der Waals surface area contributed by atoms with Gasteiger partial charge in [-0.2, -0.15) is 4.98 Å². The zero-order valence-corrected chi connectivity index (χ0v) is 14.8. The third-order valence-electron chi connectivity index (χ3n) is 4.19. The molecular formula is C17H18ClN5S. The highest BCUT2D eigenvalue weighted by atomic mass is 35.5. The maximum absolute atomic E-state index is 6.18. The molecule has 5 nitrogen and oxygen atoms in total. The van der Waals surface area contributed by atoms with Crippen molar-refractivity contribution in [3.63, 3.8) is 0 Å². The summed E-state index contributed by atoms with van der Waals surface area (Å²) in [6.07, 6.45) is 6.72. The van der Waals surface area contributed by atoms with Crippen molar-refractivity contribution in [3.8, 4) is 0 Å². The monoisotopic (exact) mass is 359 g/mol. The summed E-state index contributed by atoms with van der Waals surface area (Å²) < 4.78 is 0. The highest BCUT2D eigenvalue weighted by Gasteiger charge is 2.16. The van der Waals surface area contributed by atoms with Crippen molar-refractivity contribution >= 4 is 50.7 Å². The number of hydrogen-bond acceptors (Lipinski definition) is 6. The van der Waals surface area contributed by atoms with Crippen LogP contribution in [0.3, 0.4) is 0 Å². The fourth-order valence-electron chi connectivity index (χ4n) is 2.98. The summed E-state index contributed by atoms with van der Waals surface area (Å²) in [5.74, 6) is 1.54. The molecule has 4 rings (SSSR count). The van der Waals surface area contributed by atoms with Gasteiger partial charge >= 0.3 is 0 Å². The number of fused-ring (bicyclic) bond motifs is 1. The van der Waals surface area contributed by atoms with Gasteiger partial charge in [0.1, 0.15) is 5.82 Å². The zero-order chi connectivity index (χ0) is 16.4. The number of nitrogens with one attached hydrogen (secondary N) is 1. The van der Waals surface area contributed by atoms with Crippen LogP contribution < -0.4 is 10.2 Å². The smallest absolute Gasteiger partial charge is 0.227 e. The lowest BCUT2D eigenvalue weighted by molar-refractivity contribution is 0.726. The molecule has 1 aromatic carbocycles. The molecule has 1 aliphatic rings. The first-order valence-corrected chi connectivity index (χ1v) is 9.44. The lowest BCUT2D eigenvalue weighted by Gasteiger charge is -2.21. The van der Waals surface area contributed by atoms with Gasteiger partial charge in [-0.1, -0.05) is 24.4 Å². The quantitative estimate of drug-likeness (QED) is 0.723. The fourth-order valence-corrected chi connectivity index (χ4v) is 3.68. The van der Waals surface area contributed by atoms with Gasteiger partial charge in [-0.05, 0) is 31.0 Å². The Morgan fingerprint density at radius 3 is 2.67 bits per heavy atom. The lowest BCUT2D eigenvalue weighted by atomic mass is 10.2. The Morgan fingerprint density at radius 1 is 1.08 bits per heavy atom. The standard InChI is InChI=1S/C17H18ClN5S/c18-12-5-6-14-13(11-12)15(22-17-19-7-10-24-17)21-16(20-14)23-8-3-1-2-4-9-23/h5-7,10-11H,1-4,8-9H2,(H,19,20,21,22). The van der Waals surface area contributed by atoms with Gasteiger partial charge in [0.25, 0.3) is 0 Å². The number of benzene rings is 1. The van der Waals surface area contributed by atoms with Crippen molar-refractivity contribution in [2.45, 2.75) is 25.7 Å². The van der Waals surface area contributed by atoms with Gasteiger partial charge in [-0.15, -0.1) is 11.3 Å². The van der Waals surface area contributed by atoms with Crippen LogP contribution in [0.1, 0.15) is 25.7 Å². The van der Waals surface area contributed by atoms with Crippen LogP contribution in [0.2, 0.25) is 5.02 Å². The molecule has 1 N–H and O–H groups in total. The predicted octanol–water partition coefficient (Wildman–Crippen LogP) is 4.86. The van der Waals surface area contributed by atoms with Crippen molar-refractivity contribution in [2.75, 3.05) is 23.3 Å². The van der Waals surface area contributed by atoms with E-state index < -0.39 is 0 Å². The van der Waals surface area contributed by atoms with E-state index in [4.69, 9.17) is 21.6 Å². The fraction of sp³-hybridized carbons (Fsp3) is 0.353. The number of thiazole rings is 1. The van der Waals surface area contributed by atoms with E-state index in [1.807, 2.05) is 23.6 Å². The zero-order valence-electron chi connectivity index (χ0n) is 13.2. The molecule has 1 fully saturated rings. The van der Waals surface area contributed by atoms with Crippen LogP contribution in [-0.4, -0.2) is 28.0 Å².